The summed E-state index contributed by atoms with van der Waals surface area (Å²) in [5, 5.41) is 3.47. The van der Waals surface area contributed by atoms with Crippen molar-refractivity contribution in [1.82, 2.24) is 9.88 Å². The zero-order chi connectivity index (χ0) is 17.6. The van der Waals surface area contributed by atoms with Gasteiger partial charge in [-0.25, -0.2) is 0 Å². The molecule has 0 saturated carbocycles. The quantitative estimate of drug-likeness (QED) is 0.878. The van der Waals surface area contributed by atoms with E-state index in [2.05, 4.69) is 42.3 Å². The third-order valence-electron chi connectivity index (χ3n) is 4.89. The lowest BCUT2D eigenvalue weighted by atomic mass is 10.1. The molecule has 0 radical (unpaired) electrons. The van der Waals surface area contributed by atoms with E-state index < -0.39 is 0 Å². The number of amides is 1. The Hall–Kier alpha value is -2.36. The highest BCUT2D eigenvalue weighted by Gasteiger charge is 2.18. The zero-order valence-electron chi connectivity index (χ0n) is 15.2. The lowest BCUT2D eigenvalue weighted by molar-refractivity contribution is 0.0761. The third kappa shape index (κ3) is 4.19. The highest BCUT2D eigenvalue weighted by molar-refractivity contribution is 5.95. The number of carbonyl (C=O) groups is 1. The Morgan fingerprint density at radius 1 is 1.16 bits per heavy atom. The molecule has 1 amide bonds. The highest BCUT2D eigenvalue weighted by Crippen LogP contribution is 2.26. The molecular weight excluding hydrogens is 310 g/mol. The van der Waals surface area contributed by atoms with Gasteiger partial charge in [0.25, 0.3) is 5.91 Å². The van der Waals surface area contributed by atoms with Crippen LogP contribution in [-0.4, -0.2) is 28.9 Å². The molecule has 3 rings (SSSR count). The van der Waals surface area contributed by atoms with Crippen molar-refractivity contribution >= 4 is 17.3 Å². The normalized spacial score (nSPS) is 14.9. The lowest BCUT2D eigenvalue weighted by Gasteiger charge is -2.20. The van der Waals surface area contributed by atoms with Gasteiger partial charge < -0.3 is 10.2 Å². The second-order valence-corrected chi connectivity index (χ2v) is 6.76. The first-order valence-electron chi connectivity index (χ1n) is 9.29. The number of benzene rings is 1. The second-order valence-electron chi connectivity index (χ2n) is 6.76. The van der Waals surface area contributed by atoms with Gasteiger partial charge in [-0.15, -0.1) is 0 Å². The molecule has 1 aromatic carbocycles. The molecule has 1 saturated heterocycles. The van der Waals surface area contributed by atoms with Crippen molar-refractivity contribution in [2.75, 3.05) is 18.4 Å². The summed E-state index contributed by atoms with van der Waals surface area (Å²) in [6.07, 6.45) is 9.06. The molecule has 4 nitrogen and oxygen atoms in total. The van der Waals surface area contributed by atoms with Crippen LogP contribution in [0.25, 0.3) is 0 Å². The van der Waals surface area contributed by atoms with E-state index in [1.165, 1.54) is 24.0 Å². The van der Waals surface area contributed by atoms with Gasteiger partial charge in [-0.3, -0.25) is 9.78 Å². The molecule has 0 spiro atoms. The first-order chi connectivity index (χ1) is 12.2. The summed E-state index contributed by atoms with van der Waals surface area (Å²) in [5.74, 6) is 0.0959. The summed E-state index contributed by atoms with van der Waals surface area (Å²) in [5.41, 5.74) is 5.11. The van der Waals surface area contributed by atoms with E-state index in [0.717, 1.165) is 43.7 Å². The number of likely N-dealkylation sites (tertiary alicyclic amines) is 1. The van der Waals surface area contributed by atoms with E-state index >= 15 is 0 Å². The van der Waals surface area contributed by atoms with Crippen LogP contribution in [-0.2, 0) is 6.42 Å². The summed E-state index contributed by atoms with van der Waals surface area (Å²) in [6.45, 7) is 5.96. The number of nitrogens with one attached hydrogen (secondary N) is 1. The molecule has 1 aliphatic heterocycles. The van der Waals surface area contributed by atoms with E-state index in [-0.39, 0.29) is 5.91 Å². The van der Waals surface area contributed by atoms with Crippen molar-refractivity contribution in [3.63, 3.8) is 0 Å². The summed E-state index contributed by atoms with van der Waals surface area (Å²) >= 11 is 0. The molecule has 0 aliphatic carbocycles. The molecule has 2 heterocycles. The van der Waals surface area contributed by atoms with Gasteiger partial charge in [0, 0.05) is 25.0 Å². The topological polar surface area (TPSA) is 45.2 Å². The van der Waals surface area contributed by atoms with E-state index in [0.29, 0.717) is 5.56 Å². The maximum absolute atomic E-state index is 12.8. The standard InChI is InChI=1S/C21H27N3O/c1-3-17-10-8-9-16(2)20(17)23-19-13-18(14-22-15-19)21(25)24-11-6-4-5-7-12-24/h8-10,13-15,23H,3-7,11-12H2,1-2H3. The van der Waals surface area contributed by atoms with Crippen LogP contribution >= 0.6 is 0 Å². The van der Waals surface area contributed by atoms with E-state index in [4.69, 9.17) is 0 Å². The van der Waals surface area contributed by atoms with Crippen LogP contribution in [0, 0.1) is 6.92 Å². The first-order valence-corrected chi connectivity index (χ1v) is 9.29. The molecule has 25 heavy (non-hydrogen) atoms. The van der Waals surface area contributed by atoms with Crippen LogP contribution in [0.1, 0.15) is 54.1 Å². The van der Waals surface area contributed by atoms with Crippen molar-refractivity contribution in [1.29, 1.82) is 0 Å². The van der Waals surface area contributed by atoms with E-state index in [9.17, 15) is 4.79 Å². The highest BCUT2D eigenvalue weighted by atomic mass is 16.2. The predicted molar refractivity (Wildman–Crippen MR) is 102 cm³/mol. The maximum Gasteiger partial charge on any atom is 0.255 e. The van der Waals surface area contributed by atoms with Gasteiger partial charge in [-0.05, 0) is 43.4 Å². The van der Waals surface area contributed by atoms with Crippen molar-refractivity contribution in [3.05, 3.63) is 53.3 Å². The number of nitrogens with zero attached hydrogens (tertiary/aromatic N) is 2. The molecule has 0 atom stereocenters. The minimum atomic E-state index is 0.0959. The molecule has 1 aromatic heterocycles. The minimum absolute atomic E-state index is 0.0959. The minimum Gasteiger partial charge on any atom is -0.354 e. The Balaban J connectivity index is 1.81. The Kier molecular flexibility index (Phi) is 5.69. The molecular formula is C21H27N3O. The number of anilines is 2. The van der Waals surface area contributed by atoms with Gasteiger partial charge in [0.2, 0.25) is 0 Å². The summed E-state index contributed by atoms with van der Waals surface area (Å²) < 4.78 is 0. The summed E-state index contributed by atoms with van der Waals surface area (Å²) in [4.78, 5) is 19.1. The first kappa shape index (κ1) is 17.5. The average Bonchev–Trinajstić information content (AvgIpc) is 2.92. The molecule has 0 unspecified atom stereocenters. The fraction of sp³-hybridized carbons (Fsp3) is 0.429. The maximum atomic E-state index is 12.8. The molecule has 1 aliphatic rings. The van der Waals surface area contributed by atoms with Crippen molar-refractivity contribution in [2.24, 2.45) is 0 Å². The van der Waals surface area contributed by atoms with Gasteiger partial charge in [0.1, 0.15) is 0 Å². The Labute approximate surface area is 150 Å². The number of aromatic nitrogens is 1. The smallest absolute Gasteiger partial charge is 0.255 e. The molecule has 2 aromatic rings. The summed E-state index contributed by atoms with van der Waals surface area (Å²) in [6, 6.07) is 8.24. The van der Waals surface area contributed by atoms with Gasteiger partial charge in [-0.1, -0.05) is 38.0 Å². The SMILES string of the molecule is CCc1cccc(C)c1Nc1cncc(C(=O)N2CCCCCC2)c1. The van der Waals surface area contributed by atoms with Gasteiger partial charge in [0.15, 0.2) is 0 Å². The van der Waals surface area contributed by atoms with Gasteiger partial charge in [0.05, 0.1) is 17.4 Å². The number of pyridine rings is 1. The van der Waals surface area contributed by atoms with E-state index in [1.54, 1.807) is 12.4 Å². The molecule has 1 N–H and O–H groups in total. The number of hydrogen-bond acceptors (Lipinski definition) is 3. The number of carbonyl (C=O) groups excluding carboxylic acids is 1. The van der Waals surface area contributed by atoms with Crippen molar-refractivity contribution in [3.8, 4) is 0 Å². The summed E-state index contributed by atoms with van der Waals surface area (Å²) in [7, 11) is 0. The Bertz CT molecular complexity index is 734. The van der Waals surface area contributed by atoms with Crippen molar-refractivity contribution in [2.45, 2.75) is 46.0 Å². The molecule has 1 fully saturated rings. The van der Waals surface area contributed by atoms with E-state index in [1.807, 2.05) is 11.0 Å². The lowest BCUT2D eigenvalue weighted by Crippen LogP contribution is -2.31. The fourth-order valence-corrected chi connectivity index (χ4v) is 3.43. The number of rotatable bonds is 4. The number of para-hydroxylation sites is 1. The second kappa shape index (κ2) is 8.15. The van der Waals surface area contributed by atoms with Crippen LogP contribution in [0.4, 0.5) is 11.4 Å². The fourth-order valence-electron chi connectivity index (χ4n) is 3.43. The molecule has 132 valence electrons. The predicted octanol–water partition coefficient (Wildman–Crippen LogP) is 4.71. The molecule has 4 heteroatoms. The number of hydrogen-bond donors (Lipinski definition) is 1. The van der Waals surface area contributed by atoms with Crippen LogP contribution < -0.4 is 5.32 Å². The zero-order valence-corrected chi connectivity index (χ0v) is 15.2. The Morgan fingerprint density at radius 2 is 1.92 bits per heavy atom. The van der Waals surface area contributed by atoms with Crippen LogP contribution in [0.2, 0.25) is 0 Å². The van der Waals surface area contributed by atoms with Crippen molar-refractivity contribution < 1.29 is 4.79 Å². The third-order valence-corrected chi connectivity index (χ3v) is 4.89. The molecule has 0 bridgehead atoms. The van der Waals surface area contributed by atoms with Gasteiger partial charge >= 0.3 is 0 Å². The number of aryl methyl sites for hydroxylation is 2. The average molecular weight is 337 g/mol. The Morgan fingerprint density at radius 3 is 2.64 bits per heavy atom. The van der Waals surface area contributed by atoms with Gasteiger partial charge in [-0.2, -0.15) is 0 Å². The monoisotopic (exact) mass is 337 g/mol. The van der Waals surface area contributed by atoms with Crippen LogP contribution in [0.15, 0.2) is 36.7 Å². The van der Waals surface area contributed by atoms with Crippen LogP contribution in [0.3, 0.4) is 0 Å². The largest absolute Gasteiger partial charge is 0.354 e. The van der Waals surface area contributed by atoms with Crippen LogP contribution in [0.5, 0.6) is 0 Å².